The van der Waals surface area contributed by atoms with Crippen LogP contribution >= 0.6 is 0 Å². The van der Waals surface area contributed by atoms with E-state index in [1.807, 2.05) is 12.1 Å². The van der Waals surface area contributed by atoms with E-state index in [9.17, 15) is 8.42 Å². The lowest BCUT2D eigenvalue weighted by molar-refractivity contribution is 0.145. The van der Waals surface area contributed by atoms with Gasteiger partial charge in [0.2, 0.25) is 10.0 Å². The average molecular weight is 337 g/mol. The Labute approximate surface area is 139 Å². The van der Waals surface area contributed by atoms with Crippen LogP contribution in [0.2, 0.25) is 0 Å². The fourth-order valence-electron chi connectivity index (χ4n) is 3.53. The van der Waals surface area contributed by atoms with Gasteiger partial charge in [0.05, 0.1) is 4.90 Å². The van der Waals surface area contributed by atoms with Crippen LogP contribution in [0.15, 0.2) is 29.2 Å². The summed E-state index contributed by atoms with van der Waals surface area (Å²) in [5.41, 5.74) is 1.20. The van der Waals surface area contributed by atoms with Crippen LogP contribution in [-0.2, 0) is 16.4 Å². The van der Waals surface area contributed by atoms with Crippen molar-refractivity contribution in [3.8, 4) is 0 Å². The molecule has 3 rings (SSSR count). The Morgan fingerprint density at radius 3 is 2.39 bits per heavy atom. The predicted molar refractivity (Wildman–Crippen MR) is 92.0 cm³/mol. The highest BCUT2D eigenvalue weighted by Crippen LogP contribution is 2.20. The molecular weight excluding hydrogens is 310 g/mol. The summed E-state index contributed by atoms with van der Waals surface area (Å²) in [6.45, 7) is 7.09. The minimum absolute atomic E-state index is 0.424. The third kappa shape index (κ3) is 3.76. The maximum atomic E-state index is 12.8. The summed E-state index contributed by atoms with van der Waals surface area (Å²) in [6.07, 6.45) is 3.24. The van der Waals surface area contributed by atoms with E-state index in [2.05, 4.69) is 17.1 Å². The molecule has 2 saturated heterocycles. The van der Waals surface area contributed by atoms with E-state index >= 15 is 0 Å². The van der Waals surface area contributed by atoms with Crippen molar-refractivity contribution in [3.05, 3.63) is 29.8 Å². The number of aryl methyl sites for hydroxylation is 1. The molecule has 1 unspecified atom stereocenters. The van der Waals surface area contributed by atoms with Gasteiger partial charge in [-0.15, -0.1) is 0 Å². The Balaban J connectivity index is 1.63. The van der Waals surface area contributed by atoms with Crippen LogP contribution in [0.25, 0.3) is 0 Å². The number of hydrogen-bond donors (Lipinski definition) is 1. The lowest BCUT2D eigenvalue weighted by atomic mass is 10.1. The van der Waals surface area contributed by atoms with E-state index in [4.69, 9.17) is 0 Å². The molecule has 0 radical (unpaired) electrons. The number of sulfonamides is 1. The minimum Gasteiger partial charge on any atom is -0.315 e. The largest absolute Gasteiger partial charge is 0.315 e. The zero-order valence-electron chi connectivity index (χ0n) is 13.9. The van der Waals surface area contributed by atoms with Gasteiger partial charge in [0.25, 0.3) is 0 Å². The summed E-state index contributed by atoms with van der Waals surface area (Å²) >= 11 is 0. The molecule has 0 spiro atoms. The van der Waals surface area contributed by atoms with Crippen molar-refractivity contribution in [2.75, 3.05) is 39.3 Å². The number of hydrogen-bond acceptors (Lipinski definition) is 4. The van der Waals surface area contributed by atoms with Gasteiger partial charge < -0.3 is 5.32 Å². The fourth-order valence-corrected chi connectivity index (χ4v) is 4.95. The fraction of sp³-hybridized carbons (Fsp3) is 0.647. The molecule has 1 aromatic rings. The van der Waals surface area contributed by atoms with E-state index in [-0.39, 0.29) is 0 Å². The van der Waals surface area contributed by atoms with Crippen LogP contribution < -0.4 is 5.32 Å². The first-order chi connectivity index (χ1) is 11.1. The lowest BCUT2D eigenvalue weighted by Gasteiger charge is -2.37. The molecule has 1 N–H and O–H groups in total. The second kappa shape index (κ2) is 7.30. The van der Waals surface area contributed by atoms with Crippen LogP contribution in [-0.4, -0.2) is 62.9 Å². The van der Waals surface area contributed by atoms with Crippen molar-refractivity contribution in [2.45, 2.75) is 37.1 Å². The Hall–Kier alpha value is -0.950. The lowest BCUT2D eigenvalue weighted by Crippen LogP contribution is -2.52. The van der Waals surface area contributed by atoms with Crippen LogP contribution in [0.5, 0.6) is 0 Å². The average Bonchev–Trinajstić information content (AvgIpc) is 3.10. The molecule has 1 aromatic carbocycles. The number of benzene rings is 1. The van der Waals surface area contributed by atoms with Gasteiger partial charge in [0.1, 0.15) is 0 Å². The molecule has 0 saturated carbocycles. The maximum Gasteiger partial charge on any atom is 0.243 e. The van der Waals surface area contributed by atoms with Gasteiger partial charge in [-0.25, -0.2) is 8.42 Å². The first-order valence-corrected chi connectivity index (χ1v) is 10.1. The van der Waals surface area contributed by atoms with Crippen molar-refractivity contribution >= 4 is 10.0 Å². The van der Waals surface area contributed by atoms with E-state index < -0.39 is 10.0 Å². The third-order valence-electron chi connectivity index (χ3n) is 4.92. The van der Waals surface area contributed by atoms with Crippen LogP contribution in [0.4, 0.5) is 0 Å². The molecule has 0 aliphatic carbocycles. The normalized spacial score (nSPS) is 24.1. The molecule has 2 aliphatic rings. The van der Waals surface area contributed by atoms with Gasteiger partial charge in [-0.2, -0.15) is 4.31 Å². The minimum atomic E-state index is -3.35. The van der Waals surface area contributed by atoms with Crippen molar-refractivity contribution in [1.82, 2.24) is 14.5 Å². The molecular formula is C17H27N3O2S. The molecule has 5 nitrogen and oxygen atoms in total. The molecule has 2 heterocycles. The van der Waals surface area contributed by atoms with Crippen LogP contribution in [0, 0.1) is 0 Å². The summed E-state index contributed by atoms with van der Waals surface area (Å²) in [4.78, 5) is 2.85. The molecule has 2 fully saturated rings. The zero-order valence-corrected chi connectivity index (χ0v) is 14.7. The molecule has 1 atom stereocenters. The SMILES string of the molecule is CCCc1ccc(S(=O)(=O)N2CCN(C3CCNC3)CC2)cc1. The van der Waals surface area contributed by atoms with E-state index in [0.29, 0.717) is 24.0 Å². The second-order valence-electron chi connectivity index (χ2n) is 6.48. The third-order valence-corrected chi connectivity index (χ3v) is 6.84. The Morgan fingerprint density at radius 1 is 1.13 bits per heavy atom. The van der Waals surface area contributed by atoms with Gasteiger partial charge >= 0.3 is 0 Å². The predicted octanol–water partition coefficient (Wildman–Crippen LogP) is 1.31. The highest BCUT2D eigenvalue weighted by molar-refractivity contribution is 7.89. The van der Waals surface area contributed by atoms with Gasteiger partial charge in [0, 0.05) is 38.8 Å². The smallest absolute Gasteiger partial charge is 0.243 e. The summed E-state index contributed by atoms with van der Waals surface area (Å²) in [7, 11) is -3.35. The van der Waals surface area contributed by atoms with Gasteiger partial charge in [-0.05, 0) is 37.1 Å². The molecule has 128 valence electrons. The summed E-state index contributed by atoms with van der Waals surface area (Å²) < 4.78 is 27.2. The zero-order chi connectivity index (χ0) is 16.3. The molecule has 2 aliphatic heterocycles. The standard InChI is InChI=1S/C17H27N3O2S/c1-2-3-15-4-6-17(7-5-15)23(21,22)20-12-10-19(11-13-20)16-8-9-18-14-16/h4-7,16,18H,2-3,8-14H2,1H3. The van der Waals surface area contributed by atoms with Crippen molar-refractivity contribution in [2.24, 2.45) is 0 Å². The first-order valence-electron chi connectivity index (χ1n) is 8.65. The first kappa shape index (κ1) is 16.9. The molecule has 23 heavy (non-hydrogen) atoms. The summed E-state index contributed by atoms with van der Waals surface area (Å²) in [6, 6.07) is 7.97. The summed E-state index contributed by atoms with van der Waals surface area (Å²) in [5.74, 6) is 0. The number of nitrogens with one attached hydrogen (secondary N) is 1. The topological polar surface area (TPSA) is 52.7 Å². The Morgan fingerprint density at radius 2 is 1.83 bits per heavy atom. The highest BCUT2D eigenvalue weighted by Gasteiger charge is 2.31. The number of piperazine rings is 1. The van der Waals surface area contributed by atoms with E-state index in [1.165, 1.54) is 12.0 Å². The van der Waals surface area contributed by atoms with Gasteiger partial charge in [0.15, 0.2) is 0 Å². The Bertz CT molecular complexity index is 601. The maximum absolute atomic E-state index is 12.8. The van der Waals surface area contributed by atoms with Crippen molar-refractivity contribution in [3.63, 3.8) is 0 Å². The van der Waals surface area contributed by atoms with Gasteiger partial charge in [-0.1, -0.05) is 25.5 Å². The summed E-state index contributed by atoms with van der Waals surface area (Å²) in [5, 5.41) is 3.38. The molecule has 0 amide bonds. The molecule has 0 bridgehead atoms. The van der Waals surface area contributed by atoms with Gasteiger partial charge in [-0.3, -0.25) is 4.90 Å². The van der Waals surface area contributed by atoms with Crippen molar-refractivity contribution in [1.29, 1.82) is 0 Å². The van der Waals surface area contributed by atoms with Crippen molar-refractivity contribution < 1.29 is 8.42 Å². The van der Waals surface area contributed by atoms with Crippen LogP contribution in [0.1, 0.15) is 25.3 Å². The van der Waals surface area contributed by atoms with E-state index in [1.54, 1.807) is 16.4 Å². The highest BCUT2D eigenvalue weighted by atomic mass is 32.2. The number of nitrogens with zero attached hydrogens (tertiary/aromatic N) is 2. The number of rotatable bonds is 5. The molecule has 6 heteroatoms. The van der Waals surface area contributed by atoms with E-state index in [0.717, 1.165) is 39.0 Å². The second-order valence-corrected chi connectivity index (χ2v) is 8.42. The Kier molecular flexibility index (Phi) is 5.36. The van der Waals surface area contributed by atoms with Crippen LogP contribution in [0.3, 0.4) is 0 Å². The monoisotopic (exact) mass is 337 g/mol. The quantitative estimate of drug-likeness (QED) is 0.880. The molecule has 0 aromatic heterocycles.